The van der Waals surface area contributed by atoms with Gasteiger partial charge in [0.1, 0.15) is 7.05 Å². The van der Waals surface area contributed by atoms with Crippen molar-refractivity contribution in [3.8, 4) is 0 Å². The van der Waals surface area contributed by atoms with Crippen LogP contribution in [-0.4, -0.2) is 54.5 Å². The van der Waals surface area contributed by atoms with Crippen molar-refractivity contribution in [1.29, 1.82) is 0 Å². The minimum atomic E-state index is -0.0235. The Balaban J connectivity index is 5.35. The molecule has 0 saturated heterocycles. The van der Waals surface area contributed by atoms with Gasteiger partial charge in [0, 0.05) is 25.9 Å². The summed E-state index contributed by atoms with van der Waals surface area (Å²) < 4.78 is 0.467. The molecule has 0 fully saturated rings. The van der Waals surface area contributed by atoms with E-state index >= 15 is 0 Å². The highest BCUT2D eigenvalue weighted by Gasteiger charge is 2.49. The highest BCUT2D eigenvalue weighted by Crippen LogP contribution is 2.31. The van der Waals surface area contributed by atoms with Crippen molar-refractivity contribution in [2.75, 3.05) is 34.2 Å². The molecule has 110 valence electrons. The maximum Gasteiger partial charge on any atom is 0.189 e. The van der Waals surface area contributed by atoms with Gasteiger partial charge in [0.15, 0.2) is 5.66 Å². The first kappa shape index (κ1) is 17.8. The van der Waals surface area contributed by atoms with Crippen molar-refractivity contribution >= 4 is 0 Å². The van der Waals surface area contributed by atoms with Crippen LogP contribution in [0.2, 0.25) is 0 Å². The lowest BCUT2D eigenvalue weighted by Crippen LogP contribution is -2.78. The van der Waals surface area contributed by atoms with Gasteiger partial charge in [-0.2, -0.15) is 10.5 Å². The molecule has 0 aliphatic rings. The maximum atomic E-state index is 6.76. The van der Waals surface area contributed by atoms with E-state index in [1.54, 1.807) is 0 Å². The number of hydrogen-bond acceptors (Lipinski definition) is 3. The second kappa shape index (κ2) is 7.43. The van der Waals surface area contributed by atoms with E-state index in [0.29, 0.717) is 4.70 Å². The Hall–Kier alpha value is -0.160. The van der Waals surface area contributed by atoms with E-state index in [0.717, 1.165) is 38.8 Å². The quantitative estimate of drug-likeness (QED) is 0.299. The molecule has 0 spiro atoms. The molecule has 0 saturated carbocycles. The van der Waals surface area contributed by atoms with E-state index in [9.17, 15) is 0 Å². The van der Waals surface area contributed by atoms with Crippen LogP contribution in [0.4, 0.5) is 0 Å². The fourth-order valence-electron chi connectivity index (χ4n) is 3.23. The van der Waals surface area contributed by atoms with Gasteiger partial charge in [0.05, 0.1) is 0 Å². The van der Waals surface area contributed by atoms with Crippen LogP contribution in [0.5, 0.6) is 0 Å². The van der Waals surface area contributed by atoms with Crippen molar-refractivity contribution in [1.82, 2.24) is 9.91 Å². The third-order valence-electron chi connectivity index (χ3n) is 4.36. The lowest BCUT2D eigenvalue weighted by molar-refractivity contribution is -1.08. The molecule has 0 amide bonds. The average Bonchev–Trinajstić information content (AvgIpc) is 2.30. The van der Waals surface area contributed by atoms with Crippen LogP contribution < -0.4 is 5.84 Å². The number of quaternary nitrogens is 1. The Labute approximate surface area is 114 Å². The molecule has 0 aromatic heterocycles. The summed E-state index contributed by atoms with van der Waals surface area (Å²) in [4.78, 5) is 2.30. The Kier molecular flexibility index (Phi) is 7.37. The van der Waals surface area contributed by atoms with Crippen LogP contribution in [0.15, 0.2) is 0 Å². The summed E-state index contributed by atoms with van der Waals surface area (Å²) in [6.45, 7) is 11.0. The van der Waals surface area contributed by atoms with Crippen molar-refractivity contribution in [2.24, 2.45) is 5.84 Å². The molecule has 4 nitrogen and oxygen atoms in total. The summed E-state index contributed by atoms with van der Waals surface area (Å²) in [5.74, 6) is 6.76. The molecule has 0 aromatic rings. The van der Waals surface area contributed by atoms with Crippen LogP contribution in [0, 0.1) is 0 Å². The first-order chi connectivity index (χ1) is 8.33. The van der Waals surface area contributed by atoms with Crippen LogP contribution in [-0.2, 0) is 0 Å². The molecule has 0 aromatic carbocycles. The standard InChI is InChI=1S/C14H35N4/c1-8-12-17(13-9-2)18(7,15)14(10-3,11-4)16(5)6/h8-13,15H2,1-7H3/q+1. The summed E-state index contributed by atoms with van der Waals surface area (Å²) in [5, 5.41) is 2.41. The van der Waals surface area contributed by atoms with Crippen molar-refractivity contribution in [3.63, 3.8) is 0 Å². The molecule has 0 heterocycles. The first-order valence-corrected chi connectivity index (χ1v) is 7.42. The number of nitrogens with two attached hydrogens (primary N) is 1. The Morgan fingerprint density at radius 3 is 1.56 bits per heavy atom. The summed E-state index contributed by atoms with van der Waals surface area (Å²) in [6.07, 6.45) is 4.38. The minimum Gasteiger partial charge on any atom is -0.255 e. The Morgan fingerprint density at radius 1 is 0.944 bits per heavy atom. The fraction of sp³-hybridized carbons (Fsp3) is 1.00. The number of nitrogens with zero attached hydrogens (tertiary/aromatic N) is 3. The fourth-order valence-corrected chi connectivity index (χ4v) is 3.23. The normalized spacial score (nSPS) is 16.3. The van der Waals surface area contributed by atoms with E-state index in [1.807, 2.05) is 0 Å². The smallest absolute Gasteiger partial charge is 0.189 e. The number of rotatable bonds is 9. The monoisotopic (exact) mass is 259 g/mol. The molecular weight excluding hydrogens is 224 g/mol. The summed E-state index contributed by atoms with van der Waals surface area (Å²) >= 11 is 0. The van der Waals surface area contributed by atoms with E-state index in [4.69, 9.17) is 5.84 Å². The molecule has 2 N–H and O–H groups in total. The zero-order valence-corrected chi connectivity index (χ0v) is 13.7. The van der Waals surface area contributed by atoms with Crippen molar-refractivity contribution in [2.45, 2.75) is 59.0 Å². The van der Waals surface area contributed by atoms with Gasteiger partial charge in [0.2, 0.25) is 0 Å². The van der Waals surface area contributed by atoms with Crippen molar-refractivity contribution < 1.29 is 4.70 Å². The molecular formula is C14H35N4+. The third-order valence-corrected chi connectivity index (χ3v) is 4.36. The van der Waals surface area contributed by atoms with Gasteiger partial charge in [-0.05, 0) is 26.9 Å². The van der Waals surface area contributed by atoms with Crippen LogP contribution in [0.1, 0.15) is 53.4 Å². The molecule has 1 atom stereocenters. The van der Waals surface area contributed by atoms with E-state index in [-0.39, 0.29) is 5.66 Å². The predicted octanol–water partition coefficient (Wildman–Crippen LogP) is 2.42. The van der Waals surface area contributed by atoms with Gasteiger partial charge >= 0.3 is 0 Å². The van der Waals surface area contributed by atoms with Gasteiger partial charge in [-0.25, -0.2) is 0 Å². The van der Waals surface area contributed by atoms with E-state index in [1.165, 1.54) is 0 Å². The zero-order valence-electron chi connectivity index (χ0n) is 13.7. The third kappa shape index (κ3) is 3.23. The minimum absolute atomic E-state index is 0.0235. The summed E-state index contributed by atoms with van der Waals surface area (Å²) in [6, 6.07) is 0. The van der Waals surface area contributed by atoms with Gasteiger partial charge in [0.25, 0.3) is 0 Å². The highest BCUT2D eigenvalue weighted by atomic mass is 15.9. The molecule has 0 radical (unpaired) electrons. The molecule has 0 bridgehead atoms. The van der Waals surface area contributed by atoms with Crippen LogP contribution in [0.3, 0.4) is 0 Å². The molecule has 1 unspecified atom stereocenters. The van der Waals surface area contributed by atoms with Gasteiger partial charge in [-0.1, -0.05) is 27.7 Å². The van der Waals surface area contributed by atoms with Crippen LogP contribution in [0.25, 0.3) is 0 Å². The first-order valence-electron chi connectivity index (χ1n) is 7.42. The predicted molar refractivity (Wildman–Crippen MR) is 79.5 cm³/mol. The second-order valence-electron chi connectivity index (χ2n) is 5.56. The molecule has 0 aliphatic heterocycles. The Bertz CT molecular complexity index is 216. The second-order valence-corrected chi connectivity index (χ2v) is 5.56. The lowest BCUT2D eigenvalue weighted by atomic mass is 10.0. The van der Waals surface area contributed by atoms with Gasteiger partial charge in [-0.15, -0.1) is 5.01 Å². The molecule has 18 heavy (non-hydrogen) atoms. The average molecular weight is 259 g/mol. The van der Waals surface area contributed by atoms with Crippen LogP contribution >= 0.6 is 0 Å². The lowest BCUT2D eigenvalue weighted by Gasteiger charge is -2.53. The van der Waals surface area contributed by atoms with Gasteiger partial charge in [-0.3, -0.25) is 4.90 Å². The maximum absolute atomic E-state index is 6.76. The SMILES string of the molecule is CCCN(CCC)[N+](C)(N)C(CC)(CC)N(C)C. The summed E-state index contributed by atoms with van der Waals surface area (Å²) in [5.41, 5.74) is -0.0235. The number of hydrogen-bond donors (Lipinski definition) is 1. The topological polar surface area (TPSA) is 32.5 Å². The van der Waals surface area contributed by atoms with Crippen molar-refractivity contribution in [3.05, 3.63) is 0 Å². The summed E-state index contributed by atoms with van der Waals surface area (Å²) in [7, 11) is 6.44. The zero-order chi connectivity index (χ0) is 14.4. The molecule has 0 aliphatic carbocycles. The van der Waals surface area contributed by atoms with E-state index in [2.05, 4.69) is 58.7 Å². The van der Waals surface area contributed by atoms with E-state index < -0.39 is 0 Å². The molecule has 0 rings (SSSR count). The Morgan fingerprint density at radius 2 is 1.33 bits per heavy atom. The largest absolute Gasteiger partial charge is 0.255 e. The van der Waals surface area contributed by atoms with Gasteiger partial charge < -0.3 is 0 Å². The molecule has 4 heteroatoms. The highest BCUT2D eigenvalue weighted by molar-refractivity contribution is 4.74.